The molecule has 1 aromatic heterocycles. The van der Waals surface area contributed by atoms with E-state index >= 15 is 0 Å². The molecule has 0 saturated carbocycles. The second-order valence-corrected chi connectivity index (χ2v) is 3.91. The smallest absolute Gasteiger partial charge is 0.170 e. The maximum atomic E-state index is 5.77. The Balaban J connectivity index is 2.59. The lowest BCUT2D eigenvalue weighted by Gasteiger charge is -2.12. The summed E-state index contributed by atoms with van der Waals surface area (Å²) in [5.41, 5.74) is 8.97. The van der Waals surface area contributed by atoms with Gasteiger partial charge in [-0.25, -0.2) is 0 Å². The third kappa shape index (κ3) is 2.09. The number of anilines is 1. The van der Waals surface area contributed by atoms with Gasteiger partial charge in [0.25, 0.3) is 0 Å². The predicted octanol–water partition coefficient (Wildman–Crippen LogP) is 2.66. The van der Waals surface area contributed by atoms with E-state index in [4.69, 9.17) is 15.2 Å². The van der Waals surface area contributed by atoms with Crippen LogP contribution >= 0.6 is 0 Å². The number of hydrogen-bond donors (Lipinski definition) is 1. The van der Waals surface area contributed by atoms with Crippen LogP contribution in [0.1, 0.15) is 5.69 Å². The lowest BCUT2D eigenvalue weighted by molar-refractivity contribution is 0.356. The summed E-state index contributed by atoms with van der Waals surface area (Å²) in [7, 11) is 3.23. The summed E-state index contributed by atoms with van der Waals surface area (Å²) in [5, 5.41) is 0. The number of aromatic nitrogens is 1. The number of benzene rings is 1. The van der Waals surface area contributed by atoms with E-state index in [2.05, 4.69) is 4.98 Å². The standard InChI is InChI=1S/C14H16N2O2/c1-9-11(15)7-8-12(16-9)10-5-4-6-13(17-2)14(10)18-3/h4-8H,15H2,1-3H3. The van der Waals surface area contributed by atoms with Gasteiger partial charge >= 0.3 is 0 Å². The summed E-state index contributed by atoms with van der Waals surface area (Å²) in [6.07, 6.45) is 0. The van der Waals surface area contributed by atoms with E-state index in [1.165, 1.54) is 0 Å². The molecule has 0 fully saturated rings. The molecule has 0 aliphatic heterocycles. The fourth-order valence-electron chi connectivity index (χ4n) is 1.81. The first-order chi connectivity index (χ1) is 8.67. The van der Waals surface area contributed by atoms with E-state index in [-0.39, 0.29) is 0 Å². The molecular formula is C14H16N2O2. The van der Waals surface area contributed by atoms with E-state index < -0.39 is 0 Å². The zero-order valence-electron chi connectivity index (χ0n) is 10.7. The Kier molecular flexibility index (Phi) is 3.37. The summed E-state index contributed by atoms with van der Waals surface area (Å²) >= 11 is 0. The van der Waals surface area contributed by atoms with Gasteiger partial charge < -0.3 is 15.2 Å². The lowest BCUT2D eigenvalue weighted by atomic mass is 10.1. The van der Waals surface area contributed by atoms with Crippen molar-refractivity contribution in [2.45, 2.75) is 6.92 Å². The predicted molar refractivity (Wildman–Crippen MR) is 71.9 cm³/mol. The quantitative estimate of drug-likeness (QED) is 0.901. The number of rotatable bonds is 3. The number of nitrogen functional groups attached to an aromatic ring is 1. The highest BCUT2D eigenvalue weighted by Crippen LogP contribution is 2.37. The molecule has 0 amide bonds. The van der Waals surface area contributed by atoms with Crippen LogP contribution < -0.4 is 15.2 Å². The molecule has 0 aliphatic carbocycles. The Labute approximate surface area is 106 Å². The van der Waals surface area contributed by atoms with E-state index in [0.717, 1.165) is 17.0 Å². The molecule has 1 aromatic carbocycles. The third-order valence-corrected chi connectivity index (χ3v) is 2.81. The topological polar surface area (TPSA) is 57.4 Å². The van der Waals surface area contributed by atoms with Crippen molar-refractivity contribution in [3.63, 3.8) is 0 Å². The number of nitrogens with zero attached hydrogens (tertiary/aromatic N) is 1. The molecular weight excluding hydrogens is 228 g/mol. The van der Waals surface area contributed by atoms with Gasteiger partial charge in [0.2, 0.25) is 0 Å². The normalized spacial score (nSPS) is 10.2. The van der Waals surface area contributed by atoms with Gasteiger partial charge in [-0.1, -0.05) is 6.07 Å². The summed E-state index contributed by atoms with van der Waals surface area (Å²) in [4.78, 5) is 4.47. The molecule has 0 unspecified atom stereocenters. The van der Waals surface area contributed by atoms with E-state index in [9.17, 15) is 0 Å². The summed E-state index contributed by atoms with van der Waals surface area (Å²) < 4.78 is 10.7. The van der Waals surface area contributed by atoms with Gasteiger partial charge in [-0.3, -0.25) is 4.98 Å². The van der Waals surface area contributed by atoms with Crippen molar-refractivity contribution in [1.29, 1.82) is 0 Å². The Morgan fingerprint density at radius 1 is 1.06 bits per heavy atom. The second kappa shape index (κ2) is 4.96. The van der Waals surface area contributed by atoms with Crippen LogP contribution in [0.4, 0.5) is 5.69 Å². The van der Waals surface area contributed by atoms with Gasteiger partial charge in [-0.15, -0.1) is 0 Å². The van der Waals surface area contributed by atoms with Gasteiger partial charge in [-0.05, 0) is 31.2 Å². The maximum absolute atomic E-state index is 5.77. The van der Waals surface area contributed by atoms with Crippen molar-refractivity contribution in [1.82, 2.24) is 4.98 Å². The van der Waals surface area contributed by atoms with Gasteiger partial charge in [0.1, 0.15) is 0 Å². The molecule has 0 aliphatic rings. The van der Waals surface area contributed by atoms with Gasteiger partial charge in [0, 0.05) is 5.56 Å². The first kappa shape index (κ1) is 12.2. The third-order valence-electron chi connectivity index (χ3n) is 2.81. The van der Waals surface area contributed by atoms with Crippen molar-refractivity contribution in [3.8, 4) is 22.8 Å². The summed E-state index contributed by atoms with van der Waals surface area (Å²) in [5.74, 6) is 1.36. The Bertz CT molecular complexity index is 568. The van der Waals surface area contributed by atoms with Crippen LogP contribution in [0, 0.1) is 6.92 Å². The van der Waals surface area contributed by atoms with E-state index in [1.807, 2.05) is 37.3 Å². The highest BCUT2D eigenvalue weighted by atomic mass is 16.5. The van der Waals surface area contributed by atoms with E-state index in [1.54, 1.807) is 14.2 Å². The fourth-order valence-corrected chi connectivity index (χ4v) is 1.81. The molecule has 1 heterocycles. The Morgan fingerprint density at radius 2 is 1.83 bits per heavy atom. The minimum atomic E-state index is 0.677. The molecule has 18 heavy (non-hydrogen) atoms. The van der Waals surface area contributed by atoms with Crippen LogP contribution in [0.5, 0.6) is 11.5 Å². The largest absolute Gasteiger partial charge is 0.493 e. The SMILES string of the molecule is COc1cccc(-c2ccc(N)c(C)n2)c1OC. The van der Waals surface area contributed by atoms with Crippen LogP contribution in [0.15, 0.2) is 30.3 Å². The molecule has 94 valence electrons. The number of aryl methyl sites for hydroxylation is 1. The first-order valence-electron chi connectivity index (χ1n) is 5.62. The molecule has 4 nitrogen and oxygen atoms in total. The average Bonchev–Trinajstić information content (AvgIpc) is 2.40. The number of ether oxygens (including phenoxy) is 2. The lowest BCUT2D eigenvalue weighted by Crippen LogP contribution is -1.97. The van der Waals surface area contributed by atoms with E-state index in [0.29, 0.717) is 17.2 Å². The number of para-hydroxylation sites is 1. The maximum Gasteiger partial charge on any atom is 0.170 e. The first-order valence-corrected chi connectivity index (χ1v) is 5.62. The van der Waals surface area contributed by atoms with Crippen LogP contribution in [-0.2, 0) is 0 Å². The summed E-state index contributed by atoms with van der Waals surface area (Å²) in [6, 6.07) is 9.42. The minimum absolute atomic E-state index is 0.677. The fraction of sp³-hybridized carbons (Fsp3) is 0.214. The monoisotopic (exact) mass is 244 g/mol. The molecule has 2 aromatic rings. The van der Waals surface area contributed by atoms with Crippen LogP contribution in [0.25, 0.3) is 11.3 Å². The Morgan fingerprint density at radius 3 is 2.44 bits per heavy atom. The van der Waals surface area contributed by atoms with Crippen molar-refractivity contribution in [3.05, 3.63) is 36.0 Å². The molecule has 2 rings (SSSR count). The molecule has 2 N–H and O–H groups in total. The molecule has 0 bridgehead atoms. The zero-order chi connectivity index (χ0) is 13.1. The molecule has 0 atom stereocenters. The van der Waals surface area contributed by atoms with Gasteiger partial charge in [0.05, 0.1) is 31.3 Å². The molecule has 0 spiro atoms. The molecule has 0 radical (unpaired) electrons. The number of pyridine rings is 1. The average molecular weight is 244 g/mol. The number of hydrogen-bond acceptors (Lipinski definition) is 4. The van der Waals surface area contributed by atoms with Crippen molar-refractivity contribution in [2.24, 2.45) is 0 Å². The highest BCUT2D eigenvalue weighted by Gasteiger charge is 2.12. The minimum Gasteiger partial charge on any atom is -0.493 e. The van der Waals surface area contributed by atoms with Crippen molar-refractivity contribution >= 4 is 5.69 Å². The van der Waals surface area contributed by atoms with Gasteiger partial charge in [0.15, 0.2) is 11.5 Å². The highest BCUT2D eigenvalue weighted by molar-refractivity contribution is 5.72. The second-order valence-electron chi connectivity index (χ2n) is 3.91. The number of methoxy groups -OCH3 is 2. The summed E-state index contributed by atoms with van der Waals surface area (Å²) in [6.45, 7) is 1.88. The number of nitrogens with two attached hydrogens (primary N) is 1. The van der Waals surface area contributed by atoms with Crippen LogP contribution in [0.3, 0.4) is 0 Å². The Hall–Kier alpha value is -2.23. The molecule has 4 heteroatoms. The van der Waals surface area contributed by atoms with Crippen LogP contribution in [0.2, 0.25) is 0 Å². The van der Waals surface area contributed by atoms with Crippen LogP contribution in [-0.4, -0.2) is 19.2 Å². The zero-order valence-corrected chi connectivity index (χ0v) is 10.7. The van der Waals surface area contributed by atoms with Crippen molar-refractivity contribution in [2.75, 3.05) is 20.0 Å². The van der Waals surface area contributed by atoms with Gasteiger partial charge in [-0.2, -0.15) is 0 Å². The molecule has 0 saturated heterocycles. The van der Waals surface area contributed by atoms with Crippen molar-refractivity contribution < 1.29 is 9.47 Å².